The first-order valence-corrected chi connectivity index (χ1v) is 10.4. The minimum atomic E-state index is 0.479. The van der Waals surface area contributed by atoms with Crippen molar-refractivity contribution in [1.82, 2.24) is 15.2 Å². The van der Waals surface area contributed by atoms with Gasteiger partial charge in [-0.3, -0.25) is 0 Å². The molecule has 6 heteroatoms. The van der Waals surface area contributed by atoms with E-state index in [-0.39, 0.29) is 0 Å². The van der Waals surface area contributed by atoms with Crippen LogP contribution in [0.3, 0.4) is 0 Å². The number of nitrogens with zero attached hydrogens (tertiary/aromatic N) is 4. The Bertz CT molecular complexity index is 948. The van der Waals surface area contributed by atoms with E-state index < -0.39 is 0 Å². The van der Waals surface area contributed by atoms with Gasteiger partial charge in [0.2, 0.25) is 5.95 Å². The minimum Gasteiger partial charge on any atom is -0.372 e. The molecule has 4 rings (SSSR count). The predicted octanol–water partition coefficient (Wildman–Crippen LogP) is 5.22. The van der Waals surface area contributed by atoms with Crippen LogP contribution >= 0.6 is 0 Å². The third-order valence-corrected chi connectivity index (χ3v) is 5.40. The summed E-state index contributed by atoms with van der Waals surface area (Å²) in [5.74, 6) is 1.16. The highest BCUT2D eigenvalue weighted by atomic mass is 15.3. The Labute approximate surface area is 172 Å². The first-order chi connectivity index (χ1) is 14.2. The standard InChI is InChI=1S/C23H28N6/c1-3-18-9-7-8-17(2)22(18)26-21-16-24-28-23(27-21)25-19-10-12-20(13-11-19)29-14-5-4-6-15-29/h7-13,16H,3-6,14-15H2,1-2H3,(H2,25,26,27,28). The van der Waals surface area contributed by atoms with E-state index in [1.165, 1.54) is 36.1 Å². The Kier molecular flexibility index (Phi) is 5.89. The molecule has 0 spiro atoms. The van der Waals surface area contributed by atoms with Crippen molar-refractivity contribution in [2.75, 3.05) is 28.6 Å². The van der Waals surface area contributed by atoms with E-state index >= 15 is 0 Å². The fraction of sp³-hybridized carbons (Fsp3) is 0.348. The van der Waals surface area contributed by atoms with Gasteiger partial charge in [-0.25, -0.2) is 0 Å². The smallest absolute Gasteiger partial charge is 0.249 e. The molecule has 29 heavy (non-hydrogen) atoms. The van der Waals surface area contributed by atoms with Crippen molar-refractivity contribution in [3.63, 3.8) is 0 Å². The highest BCUT2D eigenvalue weighted by Crippen LogP contribution is 2.26. The van der Waals surface area contributed by atoms with Crippen LogP contribution in [0.1, 0.15) is 37.3 Å². The number of nitrogens with one attached hydrogen (secondary N) is 2. The molecule has 1 aliphatic heterocycles. The molecule has 0 amide bonds. The van der Waals surface area contributed by atoms with E-state index in [4.69, 9.17) is 0 Å². The summed E-state index contributed by atoms with van der Waals surface area (Å²) in [5.41, 5.74) is 5.76. The second kappa shape index (κ2) is 8.90. The molecule has 0 unspecified atom stereocenters. The van der Waals surface area contributed by atoms with Crippen molar-refractivity contribution < 1.29 is 0 Å². The number of piperidine rings is 1. The van der Waals surface area contributed by atoms with Crippen LogP contribution < -0.4 is 15.5 Å². The largest absolute Gasteiger partial charge is 0.372 e. The summed E-state index contributed by atoms with van der Waals surface area (Å²) in [7, 11) is 0. The molecule has 1 fully saturated rings. The lowest BCUT2D eigenvalue weighted by Crippen LogP contribution is -2.29. The van der Waals surface area contributed by atoms with E-state index in [2.05, 4.69) is 87.0 Å². The summed E-state index contributed by atoms with van der Waals surface area (Å²) < 4.78 is 0. The van der Waals surface area contributed by atoms with E-state index in [0.717, 1.165) is 30.9 Å². The van der Waals surface area contributed by atoms with Gasteiger partial charge >= 0.3 is 0 Å². The molecule has 1 aromatic heterocycles. The number of hydrogen-bond acceptors (Lipinski definition) is 6. The first kappa shape index (κ1) is 19.2. The van der Waals surface area contributed by atoms with Crippen molar-refractivity contribution in [2.24, 2.45) is 0 Å². The number of benzene rings is 2. The number of anilines is 5. The number of para-hydroxylation sites is 1. The van der Waals surface area contributed by atoms with Gasteiger partial charge in [-0.2, -0.15) is 10.1 Å². The monoisotopic (exact) mass is 388 g/mol. The molecule has 2 aromatic carbocycles. The SMILES string of the molecule is CCc1cccc(C)c1Nc1cnnc(Nc2ccc(N3CCCCC3)cc2)n1. The number of rotatable bonds is 6. The average molecular weight is 389 g/mol. The Hall–Kier alpha value is -3.15. The van der Waals surface area contributed by atoms with Gasteiger partial charge in [-0.05, 0) is 68.0 Å². The molecule has 1 saturated heterocycles. The highest BCUT2D eigenvalue weighted by Gasteiger charge is 2.11. The number of aryl methyl sites for hydroxylation is 2. The van der Waals surface area contributed by atoms with Crippen LogP contribution in [-0.2, 0) is 6.42 Å². The Morgan fingerprint density at radius 1 is 0.966 bits per heavy atom. The number of aromatic nitrogens is 3. The second-order valence-electron chi connectivity index (χ2n) is 7.47. The summed E-state index contributed by atoms with van der Waals surface area (Å²) in [6.45, 7) is 6.54. The Balaban J connectivity index is 1.47. The first-order valence-electron chi connectivity index (χ1n) is 10.4. The zero-order valence-corrected chi connectivity index (χ0v) is 17.2. The van der Waals surface area contributed by atoms with Crippen LogP contribution in [0.4, 0.5) is 28.8 Å². The van der Waals surface area contributed by atoms with Crippen LogP contribution in [0.5, 0.6) is 0 Å². The molecule has 0 bridgehead atoms. The van der Waals surface area contributed by atoms with Crippen molar-refractivity contribution >= 4 is 28.8 Å². The molecule has 6 nitrogen and oxygen atoms in total. The zero-order chi connectivity index (χ0) is 20.1. The summed E-state index contributed by atoms with van der Waals surface area (Å²) >= 11 is 0. The molecule has 0 aliphatic carbocycles. The maximum absolute atomic E-state index is 4.59. The molecule has 2 N–H and O–H groups in total. The van der Waals surface area contributed by atoms with Crippen LogP contribution in [0.15, 0.2) is 48.7 Å². The lowest BCUT2D eigenvalue weighted by Gasteiger charge is -2.28. The minimum absolute atomic E-state index is 0.479. The molecule has 0 saturated carbocycles. The molecule has 150 valence electrons. The lowest BCUT2D eigenvalue weighted by atomic mass is 10.1. The van der Waals surface area contributed by atoms with Crippen LogP contribution in [0, 0.1) is 6.92 Å². The Morgan fingerprint density at radius 3 is 2.52 bits per heavy atom. The van der Waals surface area contributed by atoms with Crippen LogP contribution in [0.2, 0.25) is 0 Å². The quantitative estimate of drug-likeness (QED) is 0.603. The molecule has 0 atom stereocenters. The lowest BCUT2D eigenvalue weighted by molar-refractivity contribution is 0.578. The fourth-order valence-electron chi connectivity index (χ4n) is 3.78. The Morgan fingerprint density at radius 2 is 1.76 bits per heavy atom. The average Bonchev–Trinajstić information content (AvgIpc) is 2.77. The fourth-order valence-corrected chi connectivity index (χ4v) is 3.78. The maximum atomic E-state index is 4.59. The van der Waals surface area contributed by atoms with Crippen molar-refractivity contribution in [3.05, 3.63) is 59.8 Å². The normalized spacial score (nSPS) is 13.9. The van der Waals surface area contributed by atoms with Crippen molar-refractivity contribution in [1.29, 1.82) is 0 Å². The topological polar surface area (TPSA) is 66.0 Å². The van der Waals surface area contributed by atoms with Crippen LogP contribution in [-0.4, -0.2) is 28.3 Å². The molecular formula is C23H28N6. The van der Waals surface area contributed by atoms with E-state index in [0.29, 0.717) is 11.8 Å². The molecule has 1 aliphatic rings. The molecule has 3 aromatic rings. The van der Waals surface area contributed by atoms with Gasteiger partial charge in [0.1, 0.15) is 0 Å². The highest BCUT2D eigenvalue weighted by molar-refractivity contribution is 5.65. The van der Waals surface area contributed by atoms with Crippen molar-refractivity contribution in [2.45, 2.75) is 39.5 Å². The van der Waals surface area contributed by atoms with Gasteiger partial charge in [0.05, 0.1) is 6.20 Å². The summed E-state index contributed by atoms with van der Waals surface area (Å²) in [4.78, 5) is 7.03. The molecular weight excluding hydrogens is 360 g/mol. The van der Waals surface area contributed by atoms with Crippen molar-refractivity contribution in [3.8, 4) is 0 Å². The third-order valence-electron chi connectivity index (χ3n) is 5.40. The van der Waals surface area contributed by atoms with E-state index in [9.17, 15) is 0 Å². The van der Waals surface area contributed by atoms with Gasteiger partial charge in [0.25, 0.3) is 0 Å². The van der Waals surface area contributed by atoms with E-state index in [1.807, 2.05) is 0 Å². The third kappa shape index (κ3) is 4.65. The number of hydrogen-bond donors (Lipinski definition) is 2. The second-order valence-corrected chi connectivity index (χ2v) is 7.47. The maximum Gasteiger partial charge on any atom is 0.249 e. The van der Waals surface area contributed by atoms with Crippen LogP contribution in [0.25, 0.3) is 0 Å². The molecule has 0 radical (unpaired) electrons. The van der Waals surface area contributed by atoms with Gasteiger partial charge in [0, 0.05) is 30.2 Å². The van der Waals surface area contributed by atoms with Gasteiger partial charge in [-0.1, -0.05) is 25.1 Å². The van der Waals surface area contributed by atoms with Gasteiger partial charge in [0.15, 0.2) is 5.82 Å². The van der Waals surface area contributed by atoms with E-state index in [1.54, 1.807) is 6.20 Å². The summed E-state index contributed by atoms with van der Waals surface area (Å²) in [6, 6.07) is 14.8. The molecule has 2 heterocycles. The zero-order valence-electron chi connectivity index (χ0n) is 17.2. The summed E-state index contributed by atoms with van der Waals surface area (Å²) in [5, 5.41) is 14.9. The van der Waals surface area contributed by atoms with Gasteiger partial charge in [-0.15, -0.1) is 5.10 Å². The van der Waals surface area contributed by atoms with Gasteiger partial charge < -0.3 is 15.5 Å². The predicted molar refractivity (Wildman–Crippen MR) is 119 cm³/mol. The summed E-state index contributed by atoms with van der Waals surface area (Å²) in [6.07, 6.45) is 6.50.